The zero-order valence-electron chi connectivity index (χ0n) is 17.3. The number of hydrogen-bond donors (Lipinski definition) is 1. The molecule has 1 N–H and O–H groups in total. The number of carbonyl (C=O) groups excluding carboxylic acids is 1. The summed E-state index contributed by atoms with van der Waals surface area (Å²) in [5.41, 5.74) is -0.0364. The molecular weight excluding hydrogens is 455 g/mol. The van der Waals surface area contributed by atoms with Crippen LogP contribution in [0.25, 0.3) is 11.0 Å². The number of amides is 1. The molecule has 0 saturated heterocycles. The molecule has 4 aromatic rings. The fourth-order valence-corrected chi connectivity index (χ4v) is 4.10. The quantitative estimate of drug-likeness (QED) is 0.339. The molecule has 0 radical (unpaired) electrons. The van der Waals surface area contributed by atoms with E-state index in [4.69, 9.17) is 0 Å². The standard InChI is InChI=1S/C22H18F3N5O2S/c1-29-19-17(11-26-29)28-21(30(20(19)32)12-14-7-3-2-4-8-14)33-13-18(31)27-16-10-6-5-9-15(16)22(23,24)25/h2-11H,12-13H2,1H3,(H,27,31). The van der Waals surface area contributed by atoms with E-state index >= 15 is 0 Å². The molecule has 0 aliphatic carbocycles. The van der Waals surface area contributed by atoms with Crippen LogP contribution in [-0.4, -0.2) is 31.0 Å². The monoisotopic (exact) mass is 473 g/mol. The average molecular weight is 473 g/mol. The van der Waals surface area contributed by atoms with Gasteiger partial charge in [0.05, 0.1) is 29.7 Å². The maximum atomic E-state index is 13.2. The van der Waals surface area contributed by atoms with E-state index in [-0.39, 0.29) is 28.7 Å². The summed E-state index contributed by atoms with van der Waals surface area (Å²) < 4.78 is 42.4. The Balaban J connectivity index is 1.60. The molecule has 2 heterocycles. The molecule has 0 unspecified atom stereocenters. The van der Waals surface area contributed by atoms with Gasteiger partial charge in [0.25, 0.3) is 5.56 Å². The van der Waals surface area contributed by atoms with Crippen molar-refractivity contribution in [3.63, 3.8) is 0 Å². The highest BCUT2D eigenvalue weighted by atomic mass is 32.2. The van der Waals surface area contributed by atoms with Crippen molar-refractivity contribution >= 4 is 34.4 Å². The number of nitrogens with one attached hydrogen (secondary N) is 1. The van der Waals surface area contributed by atoms with Crippen LogP contribution in [0, 0.1) is 0 Å². The molecule has 7 nitrogen and oxygen atoms in total. The highest BCUT2D eigenvalue weighted by Crippen LogP contribution is 2.34. The number of aromatic nitrogens is 4. The van der Waals surface area contributed by atoms with Gasteiger partial charge in [-0.15, -0.1) is 0 Å². The number of thioether (sulfide) groups is 1. The number of halogens is 3. The predicted octanol–water partition coefficient (Wildman–Crippen LogP) is 3.93. The molecule has 0 bridgehead atoms. The van der Waals surface area contributed by atoms with Gasteiger partial charge in [-0.1, -0.05) is 54.2 Å². The second-order valence-corrected chi connectivity index (χ2v) is 8.10. The normalized spacial score (nSPS) is 11.6. The minimum absolute atomic E-state index is 0.217. The van der Waals surface area contributed by atoms with Crippen molar-refractivity contribution in [1.82, 2.24) is 19.3 Å². The third-order valence-corrected chi connectivity index (χ3v) is 5.81. The first-order chi connectivity index (χ1) is 15.7. The van der Waals surface area contributed by atoms with Crippen molar-refractivity contribution in [3.05, 3.63) is 82.3 Å². The van der Waals surface area contributed by atoms with E-state index in [0.29, 0.717) is 11.0 Å². The molecule has 0 spiro atoms. The van der Waals surface area contributed by atoms with E-state index in [0.717, 1.165) is 23.4 Å². The molecule has 4 rings (SSSR count). The molecular formula is C22H18F3N5O2S. The van der Waals surface area contributed by atoms with Gasteiger partial charge in [0, 0.05) is 7.05 Å². The van der Waals surface area contributed by atoms with Gasteiger partial charge in [0.15, 0.2) is 10.7 Å². The number of nitrogens with zero attached hydrogens (tertiary/aromatic N) is 4. The van der Waals surface area contributed by atoms with Crippen LogP contribution in [0.1, 0.15) is 11.1 Å². The van der Waals surface area contributed by atoms with Crippen molar-refractivity contribution in [3.8, 4) is 0 Å². The second-order valence-electron chi connectivity index (χ2n) is 7.15. The number of para-hydroxylation sites is 1. The summed E-state index contributed by atoms with van der Waals surface area (Å²) in [6.45, 7) is 0.217. The number of alkyl halides is 3. The molecule has 33 heavy (non-hydrogen) atoms. The van der Waals surface area contributed by atoms with E-state index in [1.165, 1.54) is 33.6 Å². The lowest BCUT2D eigenvalue weighted by Gasteiger charge is -2.14. The van der Waals surface area contributed by atoms with Gasteiger partial charge in [-0.05, 0) is 17.7 Å². The lowest BCUT2D eigenvalue weighted by Crippen LogP contribution is -2.26. The number of rotatable bonds is 6. The van der Waals surface area contributed by atoms with Gasteiger partial charge in [-0.2, -0.15) is 18.3 Å². The SMILES string of the molecule is Cn1ncc2nc(SCC(=O)Nc3ccccc3C(F)(F)F)n(Cc3ccccc3)c(=O)c21. The van der Waals surface area contributed by atoms with Gasteiger partial charge in [0.2, 0.25) is 5.91 Å². The predicted molar refractivity (Wildman–Crippen MR) is 119 cm³/mol. The fraction of sp³-hybridized carbons (Fsp3) is 0.182. The summed E-state index contributed by atoms with van der Waals surface area (Å²) in [7, 11) is 1.64. The van der Waals surface area contributed by atoms with E-state index in [9.17, 15) is 22.8 Å². The van der Waals surface area contributed by atoms with E-state index < -0.39 is 17.6 Å². The Labute approximate surface area is 190 Å². The number of fused-ring (bicyclic) bond motifs is 1. The Kier molecular flexibility index (Phi) is 6.23. The molecule has 11 heteroatoms. The summed E-state index contributed by atoms with van der Waals surface area (Å²) in [5, 5.41) is 6.64. The first-order valence-corrected chi connectivity index (χ1v) is 10.8. The largest absolute Gasteiger partial charge is 0.418 e. The number of hydrogen-bond acceptors (Lipinski definition) is 5. The number of aryl methyl sites for hydroxylation is 1. The van der Waals surface area contributed by atoms with Crippen molar-refractivity contribution in [1.29, 1.82) is 0 Å². The van der Waals surface area contributed by atoms with Crippen LogP contribution in [0.5, 0.6) is 0 Å². The summed E-state index contributed by atoms with van der Waals surface area (Å²) in [4.78, 5) is 30.1. The first kappa shape index (κ1) is 22.6. The van der Waals surface area contributed by atoms with Gasteiger partial charge >= 0.3 is 6.18 Å². The number of carbonyl (C=O) groups is 1. The van der Waals surface area contributed by atoms with Crippen molar-refractivity contribution in [2.45, 2.75) is 17.9 Å². The zero-order valence-corrected chi connectivity index (χ0v) is 18.2. The third-order valence-electron chi connectivity index (χ3n) is 4.84. The Morgan fingerprint density at radius 1 is 1.09 bits per heavy atom. The van der Waals surface area contributed by atoms with Gasteiger partial charge in [0.1, 0.15) is 5.52 Å². The van der Waals surface area contributed by atoms with E-state index in [2.05, 4.69) is 15.4 Å². The van der Waals surface area contributed by atoms with Gasteiger partial charge < -0.3 is 5.32 Å². The topological polar surface area (TPSA) is 81.8 Å². The van der Waals surface area contributed by atoms with Crippen LogP contribution < -0.4 is 10.9 Å². The van der Waals surface area contributed by atoms with Crippen LogP contribution in [0.2, 0.25) is 0 Å². The maximum Gasteiger partial charge on any atom is 0.418 e. The number of benzene rings is 2. The molecule has 0 saturated carbocycles. The van der Waals surface area contributed by atoms with Crippen molar-refractivity contribution < 1.29 is 18.0 Å². The van der Waals surface area contributed by atoms with Crippen LogP contribution >= 0.6 is 11.8 Å². The molecule has 0 atom stereocenters. The zero-order chi connectivity index (χ0) is 23.6. The average Bonchev–Trinajstić information content (AvgIpc) is 3.15. The molecule has 2 aromatic carbocycles. The van der Waals surface area contributed by atoms with Gasteiger partial charge in [-0.3, -0.25) is 18.8 Å². The Bertz CT molecular complexity index is 1370. The van der Waals surface area contributed by atoms with E-state index in [1.54, 1.807) is 7.05 Å². The van der Waals surface area contributed by atoms with Crippen molar-refractivity contribution in [2.75, 3.05) is 11.1 Å². The van der Waals surface area contributed by atoms with Crippen LogP contribution in [0.3, 0.4) is 0 Å². The molecule has 0 aliphatic heterocycles. The molecule has 0 fully saturated rings. The first-order valence-electron chi connectivity index (χ1n) is 9.79. The van der Waals surface area contributed by atoms with Gasteiger partial charge in [-0.25, -0.2) is 4.98 Å². The minimum atomic E-state index is -4.60. The summed E-state index contributed by atoms with van der Waals surface area (Å²) in [6, 6.07) is 14.0. The third kappa shape index (κ3) is 4.92. The Morgan fingerprint density at radius 2 is 1.79 bits per heavy atom. The molecule has 2 aromatic heterocycles. The van der Waals surface area contributed by atoms with Crippen LogP contribution in [0.15, 0.2) is 70.7 Å². The highest BCUT2D eigenvalue weighted by molar-refractivity contribution is 7.99. The minimum Gasteiger partial charge on any atom is -0.325 e. The summed E-state index contributed by atoms with van der Waals surface area (Å²) in [5.74, 6) is -0.886. The van der Waals surface area contributed by atoms with Crippen molar-refractivity contribution in [2.24, 2.45) is 7.05 Å². The Hall–Kier alpha value is -3.60. The molecule has 170 valence electrons. The lowest BCUT2D eigenvalue weighted by atomic mass is 10.1. The van der Waals surface area contributed by atoms with Crippen LogP contribution in [0.4, 0.5) is 18.9 Å². The summed E-state index contributed by atoms with van der Waals surface area (Å²) in [6.07, 6.45) is -3.15. The lowest BCUT2D eigenvalue weighted by molar-refractivity contribution is -0.137. The molecule has 1 amide bonds. The Morgan fingerprint density at radius 3 is 2.52 bits per heavy atom. The second kappa shape index (κ2) is 9.10. The summed E-state index contributed by atoms with van der Waals surface area (Å²) >= 11 is 0.967. The maximum absolute atomic E-state index is 13.2. The van der Waals surface area contributed by atoms with Crippen LogP contribution in [-0.2, 0) is 24.6 Å². The fourth-order valence-electron chi connectivity index (χ4n) is 3.31. The molecule has 0 aliphatic rings. The van der Waals surface area contributed by atoms with E-state index in [1.807, 2.05) is 30.3 Å². The number of anilines is 1. The highest BCUT2D eigenvalue weighted by Gasteiger charge is 2.33. The smallest absolute Gasteiger partial charge is 0.325 e.